The zero-order valence-electron chi connectivity index (χ0n) is 14.9. The van der Waals surface area contributed by atoms with Crippen LogP contribution in [-0.2, 0) is 18.3 Å². The van der Waals surface area contributed by atoms with Crippen molar-refractivity contribution in [3.05, 3.63) is 41.9 Å². The van der Waals surface area contributed by atoms with Crippen LogP contribution in [0, 0.1) is 5.92 Å². The van der Waals surface area contributed by atoms with Gasteiger partial charge in [-0.25, -0.2) is 4.98 Å². The molecule has 2 aromatic heterocycles. The molecule has 0 aromatic carbocycles. The van der Waals surface area contributed by atoms with Gasteiger partial charge in [-0.1, -0.05) is 0 Å². The van der Waals surface area contributed by atoms with Crippen LogP contribution in [0.15, 0.2) is 29.1 Å². The summed E-state index contributed by atoms with van der Waals surface area (Å²) in [6.07, 6.45) is 10.4. The van der Waals surface area contributed by atoms with Crippen molar-refractivity contribution in [2.24, 2.45) is 13.0 Å². The number of carbonyl (C=O) groups is 1. The topological polar surface area (TPSA) is 63.3 Å². The fraction of sp³-hybridized carbons (Fsp3) is 0.579. The van der Waals surface area contributed by atoms with Gasteiger partial charge >= 0.3 is 0 Å². The number of piperidine rings is 1. The van der Waals surface area contributed by atoms with E-state index in [2.05, 4.69) is 16.4 Å². The molecule has 25 heavy (non-hydrogen) atoms. The molecule has 6 heteroatoms. The van der Waals surface area contributed by atoms with Gasteiger partial charge in [-0.15, -0.1) is 0 Å². The van der Waals surface area contributed by atoms with E-state index in [1.165, 1.54) is 5.56 Å². The number of amides is 1. The molecule has 0 spiro atoms. The molecule has 1 saturated heterocycles. The van der Waals surface area contributed by atoms with Gasteiger partial charge in [0.25, 0.3) is 0 Å². The maximum atomic E-state index is 12.2. The predicted octanol–water partition coefficient (Wildman–Crippen LogP) is 2.59. The number of rotatable bonds is 4. The van der Waals surface area contributed by atoms with Crippen LogP contribution in [0.1, 0.15) is 54.9 Å². The number of furan rings is 1. The van der Waals surface area contributed by atoms with E-state index in [4.69, 9.17) is 4.42 Å². The predicted molar refractivity (Wildman–Crippen MR) is 93.8 cm³/mol. The smallest absolute Gasteiger partial charge is 0.222 e. The van der Waals surface area contributed by atoms with Crippen molar-refractivity contribution >= 4 is 5.91 Å². The molecule has 0 radical (unpaired) electrons. The van der Waals surface area contributed by atoms with E-state index < -0.39 is 0 Å². The molecule has 4 rings (SSSR count). The van der Waals surface area contributed by atoms with Crippen molar-refractivity contribution in [3.63, 3.8) is 0 Å². The van der Waals surface area contributed by atoms with Crippen LogP contribution in [0.5, 0.6) is 0 Å². The van der Waals surface area contributed by atoms with Gasteiger partial charge in [0.2, 0.25) is 5.91 Å². The van der Waals surface area contributed by atoms with Crippen LogP contribution < -0.4 is 5.32 Å². The summed E-state index contributed by atoms with van der Waals surface area (Å²) in [6, 6.07) is 2.48. The first kappa shape index (κ1) is 16.4. The summed E-state index contributed by atoms with van der Waals surface area (Å²) in [5.74, 6) is 2.66. The lowest BCUT2D eigenvalue weighted by Gasteiger charge is -2.39. The summed E-state index contributed by atoms with van der Waals surface area (Å²) in [5.41, 5.74) is 1.31. The van der Waals surface area contributed by atoms with Crippen molar-refractivity contribution in [2.45, 2.75) is 44.2 Å². The Morgan fingerprint density at radius 1 is 1.32 bits per heavy atom. The SMILES string of the molecule is CN1C(=O)CC[C@H](CNC2CCCc3occc32)[C@H]1c1nccn1C. The number of fused-ring (bicyclic) bond motifs is 1. The summed E-state index contributed by atoms with van der Waals surface area (Å²) < 4.78 is 7.63. The number of likely N-dealkylation sites (tertiary alicyclic amines) is 1. The Morgan fingerprint density at radius 3 is 3.00 bits per heavy atom. The molecule has 1 aliphatic heterocycles. The van der Waals surface area contributed by atoms with Crippen molar-refractivity contribution in [3.8, 4) is 0 Å². The Hall–Kier alpha value is -2.08. The van der Waals surface area contributed by atoms with Crippen molar-refractivity contribution in [1.82, 2.24) is 19.8 Å². The lowest BCUT2D eigenvalue weighted by molar-refractivity contribution is -0.137. The molecule has 1 amide bonds. The number of carbonyl (C=O) groups excluding carboxylic acids is 1. The minimum absolute atomic E-state index is 0.0289. The van der Waals surface area contributed by atoms with Crippen LogP contribution in [-0.4, -0.2) is 34.0 Å². The molecule has 3 heterocycles. The first-order valence-corrected chi connectivity index (χ1v) is 9.17. The third-order valence-corrected chi connectivity index (χ3v) is 5.79. The monoisotopic (exact) mass is 342 g/mol. The molecule has 1 fully saturated rings. The van der Waals surface area contributed by atoms with E-state index in [1.54, 1.807) is 6.26 Å². The summed E-state index contributed by atoms with van der Waals surface area (Å²) >= 11 is 0. The molecule has 134 valence electrons. The van der Waals surface area contributed by atoms with E-state index in [0.29, 0.717) is 18.4 Å². The van der Waals surface area contributed by atoms with Crippen LogP contribution >= 0.6 is 0 Å². The van der Waals surface area contributed by atoms with Crippen LogP contribution in [0.25, 0.3) is 0 Å². The highest BCUT2D eigenvalue weighted by atomic mass is 16.3. The third-order valence-electron chi connectivity index (χ3n) is 5.79. The van der Waals surface area contributed by atoms with E-state index in [1.807, 2.05) is 36.0 Å². The summed E-state index contributed by atoms with van der Waals surface area (Å²) in [4.78, 5) is 18.6. The number of hydrogen-bond donors (Lipinski definition) is 1. The maximum Gasteiger partial charge on any atom is 0.222 e. The van der Waals surface area contributed by atoms with E-state index in [0.717, 1.165) is 43.8 Å². The lowest BCUT2D eigenvalue weighted by atomic mass is 9.87. The molecule has 2 aliphatic rings. The number of aromatic nitrogens is 2. The summed E-state index contributed by atoms with van der Waals surface area (Å²) in [6.45, 7) is 0.879. The van der Waals surface area contributed by atoms with Gasteiger partial charge in [0.1, 0.15) is 11.6 Å². The molecule has 1 N–H and O–H groups in total. The quantitative estimate of drug-likeness (QED) is 0.928. The minimum atomic E-state index is 0.0289. The van der Waals surface area contributed by atoms with Crippen molar-refractivity contribution in [2.75, 3.05) is 13.6 Å². The number of hydrogen-bond acceptors (Lipinski definition) is 4. The highest BCUT2D eigenvalue weighted by Crippen LogP contribution is 2.36. The highest BCUT2D eigenvalue weighted by molar-refractivity contribution is 5.77. The van der Waals surface area contributed by atoms with Crippen molar-refractivity contribution in [1.29, 1.82) is 0 Å². The van der Waals surface area contributed by atoms with E-state index in [-0.39, 0.29) is 11.9 Å². The number of aryl methyl sites for hydroxylation is 2. The Kier molecular flexibility index (Phi) is 4.37. The average Bonchev–Trinajstić information content (AvgIpc) is 3.25. The molecule has 3 atom stereocenters. The molecule has 2 aromatic rings. The number of nitrogens with zero attached hydrogens (tertiary/aromatic N) is 3. The largest absolute Gasteiger partial charge is 0.469 e. The van der Waals surface area contributed by atoms with Gasteiger partial charge in [0.15, 0.2) is 0 Å². The van der Waals surface area contributed by atoms with Crippen LogP contribution in [0.2, 0.25) is 0 Å². The van der Waals surface area contributed by atoms with Gasteiger partial charge in [-0.3, -0.25) is 4.79 Å². The van der Waals surface area contributed by atoms with Crippen LogP contribution in [0.3, 0.4) is 0 Å². The zero-order valence-corrected chi connectivity index (χ0v) is 14.9. The first-order valence-electron chi connectivity index (χ1n) is 9.17. The second-order valence-electron chi connectivity index (χ2n) is 7.30. The molecular formula is C19H26N4O2. The second kappa shape index (κ2) is 6.67. The van der Waals surface area contributed by atoms with Gasteiger partial charge in [-0.05, 0) is 31.2 Å². The average molecular weight is 342 g/mol. The molecule has 1 unspecified atom stereocenters. The molecule has 1 aliphatic carbocycles. The Morgan fingerprint density at radius 2 is 2.20 bits per heavy atom. The molecule has 6 nitrogen and oxygen atoms in total. The third kappa shape index (κ3) is 2.99. The number of imidazole rings is 1. The van der Waals surface area contributed by atoms with Crippen LogP contribution in [0.4, 0.5) is 0 Å². The summed E-state index contributed by atoms with van der Waals surface area (Å²) in [7, 11) is 3.90. The fourth-order valence-corrected chi connectivity index (χ4v) is 4.37. The van der Waals surface area contributed by atoms with Crippen molar-refractivity contribution < 1.29 is 9.21 Å². The summed E-state index contributed by atoms with van der Waals surface area (Å²) in [5, 5.41) is 3.75. The molecule has 0 saturated carbocycles. The maximum absolute atomic E-state index is 12.2. The minimum Gasteiger partial charge on any atom is -0.469 e. The van der Waals surface area contributed by atoms with Gasteiger partial charge < -0.3 is 19.2 Å². The van der Waals surface area contributed by atoms with Gasteiger partial charge in [0.05, 0.1) is 12.3 Å². The fourth-order valence-electron chi connectivity index (χ4n) is 4.37. The standard InChI is InChI=1S/C19H26N4O2/c1-22-10-9-20-19(22)18-13(6-7-17(24)23(18)2)12-21-15-4-3-5-16-14(15)8-11-25-16/h8-11,13,15,18,21H,3-7,12H2,1-2H3/t13-,15?,18+/m1/s1. The van der Waals surface area contributed by atoms with Gasteiger partial charge in [0, 0.05) is 57.5 Å². The molecular weight excluding hydrogens is 316 g/mol. The van der Waals surface area contributed by atoms with E-state index in [9.17, 15) is 4.79 Å². The first-order chi connectivity index (χ1) is 12.1. The normalized spacial score (nSPS) is 26.7. The lowest BCUT2D eigenvalue weighted by Crippen LogP contribution is -2.45. The molecule has 0 bridgehead atoms. The van der Waals surface area contributed by atoms with E-state index >= 15 is 0 Å². The Labute approximate surface area is 148 Å². The zero-order chi connectivity index (χ0) is 17.4. The number of nitrogens with one attached hydrogen (secondary N) is 1. The Bertz CT molecular complexity index is 750. The second-order valence-corrected chi connectivity index (χ2v) is 7.30. The highest BCUT2D eigenvalue weighted by Gasteiger charge is 2.37. The Balaban J connectivity index is 1.51. The van der Waals surface area contributed by atoms with Gasteiger partial charge in [-0.2, -0.15) is 0 Å².